The average Bonchev–Trinajstić information content (AvgIpc) is 2.43. The van der Waals surface area contributed by atoms with Crippen molar-refractivity contribution in [2.75, 3.05) is 20.2 Å². The van der Waals surface area contributed by atoms with Crippen molar-refractivity contribution in [1.29, 1.82) is 0 Å². The zero-order chi connectivity index (χ0) is 9.68. The molecule has 2 atom stereocenters. The second-order valence-electron chi connectivity index (χ2n) is 3.37. The minimum atomic E-state index is -1.44. The Kier molecular flexibility index (Phi) is 4.15. The fourth-order valence-electron chi connectivity index (χ4n) is 1.64. The van der Waals surface area contributed by atoms with Crippen molar-refractivity contribution in [1.82, 2.24) is 5.32 Å². The molecule has 0 amide bonds. The topological polar surface area (TPSA) is 38.3 Å². The Morgan fingerprint density at radius 2 is 2.31 bits per heavy atom. The van der Waals surface area contributed by atoms with Crippen molar-refractivity contribution in [3.05, 3.63) is 0 Å². The number of esters is 1. The highest BCUT2D eigenvalue weighted by Gasteiger charge is 2.28. The Morgan fingerprint density at radius 1 is 1.54 bits per heavy atom. The first-order valence-corrected chi connectivity index (χ1v) is 4.68. The van der Waals surface area contributed by atoms with Gasteiger partial charge in [-0.3, -0.25) is 0 Å². The van der Waals surface area contributed by atoms with Gasteiger partial charge in [-0.05, 0) is 32.4 Å². The molecule has 0 aliphatic carbocycles. The third kappa shape index (κ3) is 2.95. The van der Waals surface area contributed by atoms with E-state index in [-0.39, 0.29) is 5.92 Å². The number of hydrogen-bond donors (Lipinski definition) is 1. The molecule has 0 aromatic rings. The Morgan fingerprint density at radius 3 is 3.00 bits per heavy atom. The van der Waals surface area contributed by atoms with E-state index in [4.69, 9.17) is 0 Å². The van der Waals surface area contributed by atoms with Crippen LogP contribution in [0.1, 0.15) is 19.3 Å². The second kappa shape index (κ2) is 5.17. The lowest BCUT2D eigenvalue weighted by atomic mass is 9.95. The van der Waals surface area contributed by atoms with E-state index >= 15 is 0 Å². The number of carbonyl (C=O) groups excluding carboxylic acids is 1. The van der Waals surface area contributed by atoms with Crippen molar-refractivity contribution < 1.29 is 13.9 Å². The molecule has 1 N–H and O–H groups in total. The summed E-state index contributed by atoms with van der Waals surface area (Å²) < 4.78 is 17.7. The maximum atomic E-state index is 13.4. The summed E-state index contributed by atoms with van der Waals surface area (Å²) in [7, 11) is 1.23. The van der Waals surface area contributed by atoms with Crippen LogP contribution >= 0.6 is 0 Å². The summed E-state index contributed by atoms with van der Waals surface area (Å²) >= 11 is 0. The van der Waals surface area contributed by atoms with E-state index in [2.05, 4.69) is 10.1 Å². The molecular weight excluding hydrogens is 173 g/mol. The van der Waals surface area contributed by atoms with Gasteiger partial charge in [-0.15, -0.1) is 0 Å². The smallest absolute Gasteiger partial charge is 0.340 e. The number of methoxy groups -OCH3 is 1. The summed E-state index contributed by atoms with van der Waals surface area (Å²) in [5.41, 5.74) is 0. The summed E-state index contributed by atoms with van der Waals surface area (Å²) in [6, 6.07) is 0. The van der Waals surface area contributed by atoms with Gasteiger partial charge >= 0.3 is 5.97 Å². The van der Waals surface area contributed by atoms with Gasteiger partial charge in [0.2, 0.25) is 0 Å². The molecule has 0 aromatic carbocycles. The fourth-order valence-corrected chi connectivity index (χ4v) is 1.64. The van der Waals surface area contributed by atoms with Gasteiger partial charge < -0.3 is 10.1 Å². The molecule has 1 aliphatic heterocycles. The minimum Gasteiger partial charge on any atom is -0.467 e. The fraction of sp³-hybridized carbons (Fsp3) is 0.889. The number of rotatable bonds is 2. The number of nitrogens with one attached hydrogen (secondary N) is 1. The van der Waals surface area contributed by atoms with Gasteiger partial charge in [0.05, 0.1) is 7.11 Å². The molecule has 76 valence electrons. The molecule has 0 radical (unpaired) electrons. The van der Waals surface area contributed by atoms with Crippen LogP contribution in [0.3, 0.4) is 0 Å². The van der Waals surface area contributed by atoms with Crippen molar-refractivity contribution >= 4 is 5.97 Å². The molecule has 0 bridgehead atoms. The molecule has 1 heterocycles. The summed E-state index contributed by atoms with van der Waals surface area (Å²) in [5.74, 6) is -0.894. The van der Waals surface area contributed by atoms with Gasteiger partial charge in [-0.2, -0.15) is 0 Å². The lowest BCUT2D eigenvalue weighted by Gasteiger charge is -2.16. The Hall–Kier alpha value is -0.640. The molecule has 0 aromatic heterocycles. The highest BCUT2D eigenvalue weighted by atomic mass is 19.1. The van der Waals surface area contributed by atoms with Gasteiger partial charge in [0.25, 0.3) is 0 Å². The molecule has 4 heteroatoms. The largest absolute Gasteiger partial charge is 0.467 e. The third-order valence-electron chi connectivity index (χ3n) is 2.46. The SMILES string of the molecule is COC(=O)C(F)C1CCCNCC1. The number of ether oxygens (including phenoxy) is 1. The van der Waals surface area contributed by atoms with Crippen LogP contribution in [0.5, 0.6) is 0 Å². The summed E-state index contributed by atoms with van der Waals surface area (Å²) in [6.07, 6.45) is 0.978. The Balaban J connectivity index is 2.43. The van der Waals surface area contributed by atoms with Gasteiger partial charge in [-0.1, -0.05) is 0 Å². The molecule has 1 rings (SSSR count). The zero-order valence-electron chi connectivity index (χ0n) is 7.88. The lowest BCUT2D eigenvalue weighted by molar-refractivity contribution is -0.148. The van der Waals surface area contributed by atoms with Gasteiger partial charge in [0.1, 0.15) is 0 Å². The van der Waals surface area contributed by atoms with Crippen molar-refractivity contribution in [2.45, 2.75) is 25.4 Å². The van der Waals surface area contributed by atoms with Gasteiger partial charge in [-0.25, -0.2) is 9.18 Å². The maximum absolute atomic E-state index is 13.4. The highest BCUT2D eigenvalue weighted by Crippen LogP contribution is 2.20. The molecule has 0 spiro atoms. The molecule has 1 fully saturated rings. The van der Waals surface area contributed by atoms with E-state index < -0.39 is 12.1 Å². The normalized spacial score (nSPS) is 26.2. The minimum absolute atomic E-state index is 0.164. The van der Waals surface area contributed by atoms with Crippen LogP contribution in [0.4, 0.5) is 4.39 Å². The molecule has 0 saturated carbocycles. The molecule has 3 nitrogen and oxygen atoms in total. The second-order valence-corrected chi connectivity index (χ2v) is 3.37. The van der Waals surface area contributed by atoms with Crippen molar-refractivity contribution in [3.63, 3.8) is 0 Å². The number of hydrogen-bond acceptors (Lipinski definition) is 3. The van der Waals surface area contributed by atoms with E-state index in [1.165, 1.54) is 7.11 Å². The quantitative estimate of drug-likeness (QED) is 0.655. The highest BCUT2D eigenvalue weighted by molar-refractivity contribution is 5.74. The van der Waals surface area contributed by atoms with Crippen molar-refractivity contribution in [3.8, 4) is 0 Å². The summed E-state index contributed by atoms with van der Waals surface area (Å²) in [6.45, 7) is 1.71. The van der Waals surface area contributed by atoms with E-state index in [1.807, 2.05) is 0 Å². The van der Waals surface area contributed by atoms with Crippen LogP contribution in [0, 0.1) is 5.92 Å². The summed E-state index contributed by atoms with van der Waals surface area (Å²) in [4.78, 5) is 10.9. The Bertz CT molecular complexity index is 167. The van der Waals surface area contributed by atoms with E-state index in [0.29, 0.717) is 0 Å². The van der Waals surface area contributed by atoms with E-state index in [1.54, 1.807) is 0 Å². The van der Waals surface area contributed by atoms with Crippen LogP contribution in [-0.4, -0.2) is 32.3 Å². The van der Waals surface area contributed by atoms with Gasteiger partial charge in [0, 0.05) is 5.92 Å². The van der Waals surface area contributed by atoms with Crippen molar-refractivity contribution in [2.24, 2.45) is 5.92 Å². The van der Waals surface area contributed by atoms with E-state index in [0.717, 1.165) is 32.4 Å². The molecule has 2 unspecified atom stereocenters. The first kappa shape index (κ1) is 10.4. The molecule has 1 aliphatic rings. The number of halogens is 1. The van der Waals surface area contributed by atoms with Crippen LogP contribution in [0.25, 0.3) is 0 Å². The predicted molar refractivity (Wildman–Crippen MR) is 47.1 cm³/mol. The average molecular weight is 189 g/mol. The standard InChI is InChI=1S/C9H16FNO2/c1-13-9(12)8(10)7-3-2-5-11-6-4-7/h7-8,11H,2-6H2,1H3. The third-order valence-corrected chi connectivity index (χ3v) is 2.46. The first-order valence-electron chi connectivity index (χ1n) is 4.68. The number of alkyl halides is 1. The Labute approximate surface area is 77.6 Å². The molecular formula is C9H16FNO2. The maximum Gasteiger partial charge on any atom is 0.340 e. The van der Waals surface area contributed by atoms with E-state index in [9.17, 15) is 9.18 Å². The predicted octanol–water partition coefficient (Wildman–Crippen LogP) is 0.887. The van der Waals surface area contributed by atoms with Crippen LogP contribution in [0.2, 0.25) is 0 Å². The lowest BCUT2D eigenvalue weighted by Crippen LogP contribution is -2.27. The zero-order valence-corrected chi connectivity index (χ0v) is 7.88. The van der Waals surface area contributed by atoms with Crippen LogP contribution in [0.15, 0.2) is 0 Å². The first-order chi connectivity index (χ1) is 6.25. The monoisotopic (exact) mass is 189 g/mol. The number of carbonyl (C=O) groups is 1. The van der Waals surface area contributed by atoms with Crippen LogP contribution in [-0.2, 0) is 9.53 Å². The molecule has 13 heavy (non-hydrogen) atoms. The van der Waals surface area contributed by atoms with Crippen LogP contribution < -0.4 is 5.32 Å². The van der Waals surface area contributed by atoms with Gasteiger partial charge in [0.15, 0.2) is 6.17 Å². The molecule has 1 saturated heterocycles. The summed E-state index contributed by atoms with van der Waals surface area (Å²) in [5, 5.41) is 3.17.